The van der Waals surface area contributed by atoms with Crippen LogP contribution in [0.15, 0.2) is 81.6 Å². The Labute approximate surface area is 180 Å². The topological polar surface area (TPSA) is 84.6 Å². The SMILES string of the molecule is O=C(N/N=C/c1ccc(Sc2ccc(Cl)cc2)c([N+](=O)[O-])c1)c1cccc(Cl)c1. The summed E-state index contributed by atoms with van der Waals surface area (Å²) in [5.74, 6) is -0.437. The molecule has 0 aliphatic carbocycles. The van der Waals surface area contributed by atoms with Crippen molar-refractivity contribution in [3.8, 4) is 0 Å². The second kappa shape index (κ2) is 9.56. The highest BCUT2D eigenvalue weighted by Crippen LogP contribution is 2.35. The second-order valence-electron chi connectivity index (χ2n) is 5.75. The molecule has 0 fully saturated rings. The van der Waals surface area contributed by atoms with Crippen LogP contribution in [-0.2, 0) is 0 Å². The summed E-state index contributed by atoms with van der Waals surface area (Å²) in [4.78, 5) is 24.4. The first-order valence-electron chi connectivity index (χ1n) is 8.23. The zero-order valence-corrected chi connectivity index (χ0v) is 17.0. The predicted molar refractivity (Wildman–Crippen MR) is 115 cm³/mol. The predicted octanol–water partition coefficient (Wildman–Crippen LogP) is 5.82. The van der Waals surface area contributed by atoms with Gasteiger partial charge in [0.2, 0.25) is 0 Å². The molecule has 0 unspecified atom stereocenters. The van der Waals surface area contributed by atoms with Gasteiger partial charge >= 0.3 is 0 Å². The van der Waals surface area contributed by atoms with E-state index in [-0.39, 0.29) is 5.69 Å². The van der Waals surface area contributed by atoms with Gasteiger partial charge in [0.25, 0.3) is 11.6 Å². The fraction of sp³-hybridized carbons (Fsp3) is 0. The molecule has 0 saturated heterocycles. The number of hydrogen-bond donors (Lipinski definition) is 1. The Morgan fingerprint density at radius 3 is 2.48 bits per heavy atom. The summed E-state index contributed by atoms with van der Waals surface area (Å²) in [5, 5.41) is 16.4. The number of carbonyl (C=O) groups is 1. The van der Waals surface area contributed by atoms with Crippen molar-refractivity contribution in [2.75, 3.05) is 0 Å². The minimum absolute atomic E-state index is 0.0601. The number of rotatable bonds is 6. The van der Waals surface area contributed by atoms with Crippen molar-refractivity contribution in [2.45, 2.75) is 9.79 Å². The number of nitro benzene ring substituents is 1. The number of nitrogens with zero attached hydrogens (tertiary/aromatic N) is 2. The Hall–Kier alpha value is -2.87. The van der Waals surface area contributed by atoms with Crippen molar-refractivity contribution in [3.05, 3.63) is 98.0 Å². The van der Waals surface area contributed by atoms with Crippen LogP contribution in [0.1, 0.15) is 15.9 Å². The fourth-order valence-corrected chi connectivity index (χ4v) is 3.55. The smallest absolute Gasteiger partial charge is 0.267 e. The molecule has 1 amide bonds. The Bertz CT molecular complexity index is 1090. The lowest BCUT2D eigenvalue weighted by Crippen LogP contribution is -2.17. The maximum absolute atomic E-state index is 12.0. The lowest BCUT2D eigenvalue weighted by atomic mass is 10.2. The van der Waals surface area contributed by atoms with Crippen molar-refractivity contribution in [3.63, 3.8) is 0 Å². The van der Waals surface area contributed by atoms with Crippen LogP contribution in [0.4, 0.5) is 5.69 Å². The maximum Gasteiger partial charge on any atom is 0.283 e. The number of nitrogens with one attached hydrogen (secondary N) is 1. The van der Waals surface area contributed by atoms with Crippen molar-refractivity contribution >= 4 is 52.8 Å². The lowest BCUT2D eigenvalue weighted by Gasteiger charge is -2.04. The van der Waals surface area contributed by atoms with Crippen molar-refractivity contribution in [1.82, 2.24) is 5.43 Å². The van der Waals surface area contributed by atoms with Crippen LogP contribution < -0.4 is 5.43 Å². The molecule has 3 aromatic carbocycles. The first kappa shape index (κ1) is 20.9. The Morgan fingerprint density at radius 2 is 1.79 bits per heavy atom. The third kappa shape index (κ3) is 5.80. The standard InChI is InChI=1S/C20H13Cl2N3O3S/c21-15-5-7-17(8-6-15)29-19-9-4-13(10-18(19)25(27)28)12-23-24-20(26)14-2-1-3-16(22)11-14/h1-12H,(H,24,26)/b23-12+. The van der Waals surface area contributed by atoms with Crippen LogP contribution >= 0.6 is 35.0 Å². The molecule has 0 heterocycles. The number of hydrogen-bond acceptors (Lipinski definition) is 5. The fourth-order valence-electron chi connectivity index (χ4n) is 2.33. The molecule has 0 bridgehead atoms. The van der Waals surface area contributed by atoms with Crippen LogP contribution in [0.3, 0.4) is 0 Å². The zero-order valence-electron chi connectivity index (χ0n) is 14.7. The average molecular weight is 446 g/mol. The van der Waals surface area contributed by atoms with Crippen LogP contribution in [0, 0.1) is 10.1 Å². The molecule has 3 rings (SSSR count). The van der Waals surface area contributed by atoms with E-state index < -0.39 is 10.8 Å². The summed E-state index contributed by atoms with van der Waals surface area (Å²) >= 11 is 13.0. The number of benzene rings is 3. The zero-order chi connectivity index (χ0) is 20.8. The normalized spacial score (nSPS) is 10.8. The Balaban J connectivity index is 1.74. The van der Waals surface area contributed by atoms with E-state index in [0.29, 0.717) is 26.1 Å². The molecular weight excluding hydrogens is 433 g/mol. The molecule has 0 atom stereocenters. The van der Waals surface area contributed by atoms with Gasteiger partial charge in [0.1, 0.15) is 0 Å². The van der Waals surface area contributed by atoms with E-state index in [9.17, 15) is 14.9 Å². The van der Waals surface area contributed by atoms with Gasteiger partial charge < -0.3 is 0 Å². The molecule has 29 heavy (non-hydrogen) atoms. The van der Waals surface area contributed by atoms with Gasteiger partial charge in [-0.15, -0.1) is 0 Å². The molecule has 0 aromatic heterocycles. The maximum atomic E-state index is 12.0. The van der Waals surface area contributed by atoms with Crippen molar-refractivity contribution in [2.24, 2.45) is 5.10 Å². The van der Waals surface area contributed by atoms with Crippen LogP contribution in [0.25, 0.3) is 0 Å². The Morgan fingerprint density at radius 1 is 1.03 bits per heavy atom. The number of nitro groups is 1. The number of amides is 1. The van der Waals surface area contributed by atoms with E-state index in [1.165, 1.54) is 30.1 Å². The highest BCUT2D eigenvalue weighted by atomic mass is 35.5. The van der Waals surface area contributed by atoms with Crippen LogP contribution in [-0.4, -0.2) is 17.0 Å². The van der Waals surface area contributed by atoms with E-state index in [2.05, 4.69) is 10.5 Å². The molecule has 0 saturated carbocycles. The third-order valence-electron chi connectivity index (χ3n) is 3.69. The van der Waals surface area contributed by atoms with E-state index >= 15 is 0 Å². The summed E-state index contributed by atoms with van der Waals surface area (Å²) < 4.78 is 0. The summed E-state index contributed by atoms with van der Waals surface area (Å²) in [6.45, 7) is 0. The molecule has 6 nitrogen and oxygen atoms in total. The van der Waals surface area contributed by atoms with E-state index in [0.717, 1.165) is 4.90 Å². The quantitative estimate of drug-likeness (QED) is 0.294. The molecule has 0 radical (unpaired) electrons. The molecule has 0 aliphatic rings. The number of carbonyl (C=O) groups excluding carboxylic acids is 1. The van der Waals surface area contributed by atoms with Gasteiger partial charge in [0.15, 0.2) is 0 Å². The van der Waals surface area contributed by atoms with Crippen molar-refractivity contribution < 1.29 is 9.72 Å². The van der Waals surface area contributed by atoms with E-state index in [1.807, 2.05) is 0 Å². The summed E-state index contributed by atoms with van der Waals surface area (Å²) in [7, 11) is 0. The highest BCUT2D eigenvalue weighted by Gasteiger charge is 2.15. The van der Waals surface area contributed by atoms with Gasteiger partial charge in [-0.3, -0.25) is 14.9 Å². The number of hydrazone groups is 1. The minimum Gasteiger partial charge on any atom is -0.267 e. The Kier molecular flexibility index (Phi) is 6.87. The second-order valence-corrected chi connectivity index (χ2v) is 7.74. The van der Waals surface area contributed by atoms with Crippen LogP contribution in [0.5, 0.6) is 0 Å². The number of halogens is 2. The van der Waals surface area contributed by atoms with Crippen molar-refractivity contribution in [1.29, 1.82) is 0 Å². The van der Waals surface area contributed by atoms with E-state index in [4.69, 9.17) is 23.2 Å². The molecule has 0 spiro atoms. The summed E-state index contributed by atoms with van der Waals surface area (Å²) in [5.41, 5.74) is 3.14. The largest absolute Gasteiger partial charge is 0.283 e. The first-order valence-corrected chi connectivity index (χ1v) is 9.80. The average Bonchev–Trinajstić information content (AvgIpc) is 2.70. The van der Waals surface area contributed by atoms with Gasteiger partial charge in [0, 0.05) is 32.1 Å². The van der Waals surface area contributed by atoms with Gasteiger partial charge in [-0.1, -0.05) is 47.1 Å². The minimum atomic E-state index is -0.458. The summed E-state index contributed by atoms with van der Waals surface area (Å²) in [6.07, 6.45) is 1.34. The first-order chi connectivity index (χ1) is 13.9. The molecule has 1 N–H and O–H groups in total. The molecular formula is C20H13Cl2N3O3S. The molecule has 0 aliphatic heterocycles. The lowest BCUT2D eigenvalue weighted by molar-refractivity contribution is -0.387. The highest BCUT2D eigenvalue weighted by molar-refractivity contribution is 7.99. The monoisotopic (exact) mass is 445 g/mol. The van der Waals surface area contributed by atoms with Gasteiger partial charge in [-0.25, -0.2) is 5.43 Å². The molecule has 9 heteroatoms. The van der Waals surface area contributed by atoms with Gasteiger partial charge in [-0.05, 0) is 48.5 Å². The summed E-state index contributed by atoms with van der Waals surface area (Å²) in [6, 6.07) is 18.2. The van der Waals surface area contributed by atoms with Crippen LogP contribution in [0.2, 0.25) is 10.0 Å². The molecule has 3 aromatic rings. The van der Waals surface area contributed by atoms with Gasteiger partial charge in [0.05, 0.1) is 16.0 Å². The van der Waals surface area contributed by atoms with Gasteiger partial charge in [-0.2, -0.15) is 5.10 Å². The molecule has 146 valence electrons. The van der Waals surface area contributed by atoms with E-state index in [1.54, 1.807) is 54.6 Å². The third-order valence-corrected chi connectivity index (χ3v) is 5.25.